The summed E-state index contributed by atoms with van der Waals surface area (Å²) in [5.41, 5.74) is 3.30. The van der Waals surface area contributed by atoms with Crippen molar-refractivity contribution in [3.63, 3.8) is 0 Å². The lowest BCUT2D eigenvalue weighted by Crippen LogP contribution is -2.48. The number of rotatable bonds is 8. The van der Waals surface area contributed by atoms with E-state index >= 15 is 8.78 Å². The number of pyridine rings is 1. The minimum absolute atomic E-state index is 0.0919. The summed E-state index contributed by atoms with van der Waals surface area (Å²) in [6.07, 6.45) is 7.02. The van der Waals surface area contributed by atoms with Gasteiger partial charge in [-0.25, -0.2) is 18.7 Å². The quantitative estimate of drug-likeness (QED) is 0.210. The molecule has 2 fully saturated rings. The van der Waals surface area contributed by atoms with Gasteiger partial charge in [0.2, 0.25) is 11.7 Å². The van der Waals surface area contributed by atoms with E-state index < -0.39 is 17.5 Å². The Morgan fingerprint density at radius 3 is 2.48 bits per heavy atom. The average molecular weight is 573 g/mol. The van der Waals surface area contributed by atoms with E-state index in [1.165, 1.54) is 18.6 Å². The lowest BCUT2D eigenvalue weighted by Gasteiger charge is -2.41. The summed E-state index contributed by atoms with van der Waals surface area (Å²) in [6.45, 7) is 4.38. The number of aromatic nitrogens is 5. The summed E-state index contributed by atoms with van der Waals surface area (Å²) >= 11 is 0. The maximum absolute atomic E-state index is 15.3. The van der Waals surface area contributed by atoms with Gasteiger partial charge in [0.15, 0.2) is 17.2 Å². The minimum Gasteiger partial charge on any atom is -0.431 e. The maximum Gasteiger partial charge on any atom is 0.246 e. The van der Waals surface area contributed by atoms with Crippen molar-refractivity contribution in [2.45, 2.75) is 64.0 Å². The van der Waals surface area contributed by atoms with Gasteiger partial charge in [0.1, 0.15) is 23.4 Å². The standard InChI is InChI=1S/C32H31F3N6O/c1-32(2,20-5-4-6-20)36-15-19-13-25-29(28(35)27(19)34)42-31(39-25)26-12-18(11-24(38-26)17-7-8-17)22-10-9-21(33)14-23(22)30-40-37-16-41(30)3/h9-14,16-17,20,36H,4-8,15H2,1-3H3. The fourth-order valence-corrected chi connectivity index (χ4v) is 5.78. The molecule has 0 unspecified atom stereocenters. The van der Waals surface area contributed by atoms with Gasteiger partial charge in [-0.2, -0.15) is 4.39 Å². The first-order valence-electron chi connectivity index (χ1n) is 14.4. The first-order chi connectivity index (χ1) is 20.2. The van der Waals surface area contributed by atoms with Crippen LogP contribution in [0.1, 0.15) is 63.1 Å². The highest BCUT2D eigenvalue weighted by molar-refractivity contribution is 5.83. The first-order valence-corrected chi connectivity index (χ1v) is 14.4. The Bertz CT molecular complexity index is 1820. The molecule has 0 spiro atoms. The monoisotopic (exact) mass is 572 g/mol. The molecule has 2 aliphatic carbocycles. The molecule has 42 heavy (non-hydrogen) atoms. The van der Waals surface area contributed by atoms with Crippen molar-refractivity contribution in [2.75, 3.05) is 0 Å². The van der Waals surface area contributed by atoms with Crippen molar-refractivity contribution in [1.29, 1.82) is 0 Å². The Morgan fingerprint density at radius 2 is 1.79 bits per heavy atom. The molecule has 2 aliphatic rings. The SMILES string of the molecule is Cn1cnnc1-c1cc(F)ccc1-c1cc(-c2nc3cc(CNC(C)(C)C4CCC4)c(F)c(F)c3o2)nc(C2CC2)c1. The summed E-state index contributed by atoms with van der Waals surface area (Å²) in [7, 11) is 1.79. The maximum atomic E-state index is 15.3. The molecule has 3 aromatic heterocycles. The third kappa shape index (κ3) is 4.77. The zero-order chi connectivity index (χ0) is 29.2. The van der Waals surface area contributed by atoms with Crippen molar-refractivity contribution >= 4 is 11.1 Å². The van der Waals surface area contributed by atoms with Gasteiger partial charge < -0.3 is 14.3 Å². The van der Waals surface area contributed by atoms with Gasteiger partial charge in [0.25, 0.3) is 0 Å². The van der Waals surface area contributed by atoms with Crippen LogP contribution in [0.3, 0.4) is 0 Å². The molecule has 1 N–H and O–H groups in total. The second kappa shape index (κ2) is 10.0. The van der Waals surface area contributed by atoms with E-state index in [1.807, 2.05) is 6.07 Å². The third-order valence-electron chi connectivity index (χ3n) is 8.80. The van der Waals surface area contributed by atoms with Gasteiger partial charge in [-0.15, -0.1) is 10.2 Å². The zero-order valence-electron chi connectivity index (χ0n) is 23.7. The van der Waals surface area contributed by atoms with E-state index in [2.05, 4.69) is 34.3 Å². The van der Waals surface area contributed by atoms with Crippen LogP contribution in [0.4, 0.5) is 13.2 Å². The van der Waals surface area contributed by atoms with Crippen LogP contribution in [0.15, 0.2) is 47.1 Å². The molecule has 0 saturated heterocycles. The van der Waals surface area contributed by atoms with E-state index in [0.717, 1.165) is 42.5 Å². The molecular formula is C32H31F3N6O. The summed E-state index contributed by atoms with van der Waals surface area (Å²) in [5.74, 6) is -1.01. The summed E-state index contributed by atoms with van der Waals surface area (Å²) in [6, 6.07) is 9.82. The number of oxazole rings is 1. The second-order valence-electron chi connectivity index (χ2n) is 12.1. The highest BCUT2D eigenvalue weighted by atomic mass is 19.2. The van der Waals surface area contributed by atoms with Crippen molar-refractivity contribution in [2.24, 2.45) is 13.0 Å². The predicted octanol–water partition coefficient (Wildman–Crippen LogP) is 7.32. The second-order valence-corrected chi connectivity index (χ2v) is 12.1. The lowest BCUT2D eigenvalue weighted by molar-refractivity contribution is 0.156. The molecule has 7 rings (SSSR count). The number of hydrogen-bond acceptors (Lipinski definition) is 6. The molecule has 3 heterocycles. The largest absolute Gasteiger partial charge is 0.431 e. The molecule has 0 atom stereocenters. The molecule has 0 amide bonds. The molecule has 0 aliphatic heterocycles. The highest BCUT2D eigenvalue weighted by Crippen LogP contribution is 2.43. The van der Waals surface area contributed by atoms with Gasteiger partial charge in [-0.3, -0.25) is 0 Å². The van der Waals surface area contributed by atoms with Crippen LogP contribution in [-0.4, -0.2) is 30.3 Å². The fourth-order valence-electron chi connectivity index (χ4n) is 5.78. The van der Waals surface area contributed by atoms with Crippen LogP contribution in [0.2, 0.25) is 0 Å². The summed E-state index contributed by atoms with van der Waals surface area (Å²) in [4.78, 5) is 9.36. The van der Waals surface area contributed by atoms with E-state index in [0.29, 0.717) is 23.0 Å². The molecule has 5 aromatic rings. The average Bonchev–Trinajstić information content (AvgIpc) is 3.56. The van der Waals surface area contributed by atoms with Gasteiger partial charge in [-0.05, 0) is 86.9 Å². The van der Waals surface area contributed by atoms with Gasteiger partial charge in [0.05, 0.1) is 0 Å². The molecule has 0 bridgehead atoms. The van der Waals surface area contributed by atoms with Crippen LogP contribution >= 0.6 is 0 Å². The minimum atomic E-state index is -1.06. The molecule has 216 valence electrons. The molecule has 2 aromatic carbocycles. The number of nitrogens with one attached hydrogen (secondary N) is 1. The Kier molecular flexibility index (Phi) is 6.42. The van der Waals surface area contributed by atoms with Gasteiger partial charge in [0, 0.05) is 41.9 Å². The topological polar surface area (TPSA) is 81.7 Å². The summed E-state index contributed by atoms with van der Waals surface area (Å²) in [5, 5.41) is 11.5. The molecule has 10 heteroatoms. The zero-order valence-corrected chi connectivity index (χ0v) is 23.7. The van der Waals surface area contributed by atoms with Crippen LogP contribution in [0.5, 0.6) is 0 Å². The Labute approximate surface area is 241 Å². The number of aryl methyl sites for hydroxylation is 1. The van der Waals surface area contributed by atoms with Gasteiger partial charge >= 0.3 is 0 Å². The number of benzene rings is 2. The molecule has 0 radical (unpaired) electrons. The van der Waals surface area contributed by atoms with E-state index in [-0.39, 0.29) is 40.6 Å². The smallest absolute Gasteiger partial charge is 0.246 e. The van der Waals surface area contributed by atoms with Crippen LogP contribution in [-0.2, 0) is 13.6 Å². The Morgan fingerprint density at radius 1 is 0.976 bits per heavy atom. The van der Waals surface area contributed by atoms with Crippen molar-refractivity contribution in [3.05, 3.63) is 71.4 Å². The number of halogens is 3. The molecular weight excluding hydrogens is 541 g/mol. The number of fused-ring (bicyclic) bond motifs is 1. The number of hydrogen-bond donors (Lipinski definition) is 1. The number of nitrogens with zero attached hydrogens (tertiary/aromatic N) is 5. The Balaban J connectivity index is 1.29. The van der Waals surface area contributed by atoms with E-state index in [9.17, 15) is 4.39 Å². The third-order valence-corrected chi connectivity index (χ3v) is 8.80. The van der Waals surface area contributed by atoms with Gasteiger partial charge in [-0.1, -0.05) is 12.5 Å². The van der Waals surface area contributed by atoms with E-state index in [1.54, 1.807) is 36.1 Å². The fraction of sp³-hybridized carbons (Fsp3) is 0.375. The van der Waals surface area contributed by atoms with Crippen LogP contribution in [0, 0.1) is 23.4 Å². The predicted molar refractivity (Wildman–Crippen MR) is 153 cm³/mol. The van der Waals surface area contributed by atoms with Crippen molar-refractivity contribution in [1.82, 2.24) is 30.0 Å². The lowest BCUT2D eigenvalue weighted by atomic mass is 9.72. The highest BCUT2D eigenvalue weighted by Gasteiger charge is 2.34. The first kappa shape index (κ1) is 26.8. The van der Waals surface area contributed by atoms with Crippen molar-refractivity contribution < 1.29 is 17.6 Å². The van der Waals surface area contributed by atoms with E-state index in [4.69, 9.17) is 9.40 Å². The van der Waals surface area contributed by atoms with Crippen molar-refractivity contribution in [3.8, 4) is 34.1 Å². The van der Waals surface area contributed by atoms with Crippen LogP contribution < -0.4 is 5.32 Å². The molecule has 7 nitrogen and oxygen atoms in total. The normalized spacial score (nSPS) is 15.9. The Hall–Kier alpha value is -4.05. The summed E-state index contributed by atoms with van der Waals surface area (Å²) < 4.78 is 52.4. The van der Waals surface area contributed by atoms with Crippen LogP contribution in [0.25, 0.3) is 45.2 Å². The molecule has 2 saturated carbocycles.